The van der Waals surface area contributed by atoms with Crippen molar-refractivity contribution in [3.63, 3.8) is 0 Å². The van der Waals surface area contributed by atoms with Crippen LogP contribution in [-0.2, 0) is 33.3 Å². The average molecular weight is 1290 g/mol. The molecule has 2 unspecified atom stereocenters. The highest BCUT2D eigenvalue weighted by molar-refractivity contribution is 5.71. The number of carboxylic acids is 1. The van der Waals surface area contributed by atoms with Crippen LogP contribution in [0.4, 0.5) is 0 Å². The number of hydrogen-bond acceptors (Lipinski definition) is 7. The molecule has 0 rings (SSSR count). The minimum Gasteiger partial charge on any atom is -0.477 e. The number of aliphatic carboxylic acids is 1. The fourth-order valence-electron chi connectivity index (χ4n) is 9.86. The van der Waals surface area contributed by atoms with Crippen molar-refractivity contribution in [3.8, 4) is 0 Å². The number of quaternary nitrogens is 1. The predicted molar refractivity (Wildman–Crippen MR) is 400 cm³/mol. The van der Waals surface area contributed by atoms with E-state index in [0.717, 1.165) is 135 Å². The lowest BCUT2D eigenvalue weighted by Crippen LogP contribution is -2.40. The Bertz CT molecular complexity index is 2140. The van der Waals surface area contributed by atoms with Gasteiger partial charge in [-0.2, -0.15) is 0 Å². The number of ether oxygens (including phenoxy) is 4. The molecule has 0 saturated heterocycles. The molecule has 0 aromatic carbocycles. The molecule has 0 aliphatic heterocycles. The summed E-state index contributed by atoms with van der Waals surface area (Å²) in [7, 11) is 5.97. The first-order valence-corrected chi connectivity index (χ1v) is 37.3. The number of hydrogen-bond donors (Lipinski definition) is 1. The van der Waals surface area contributed by atoms with Gasteiger partial charge in [0.25, 0.3) is 6.29 Å². The molecule has 0 aliphatic rings. The van der Waals surface area contributed by atoms with Gasteiger partial charge in [-0.1, -0.05) is 312 Å². The normalized spacial score (nSPS) is 13.7. The van der Waals surface area contributed by atoms with Crippen LogP contribution in [0.1, 0.15) is 284 Å². The third-order valence-electron chi connectivity index (χ3n) is 15.5. The summed E-state index contributed by atoms with van der Waals surface area (Å²) in [6, 6.07) is 0. The van der Waals surface area contributed by atoms with Crippen LogP contribution < -0.4 is 0 Å². The number of rotatable bonds is 67. The van der Waals surface area contributed by atoms with Crippen molar-refractivity contribution in [1.82, 2.24) is 0 Å². The fourth-order valence-corrected chi connectivity index (χ4v) is 9.86. The number of unbranched alkanes of at least 4 members (excludes halogenated alkanes) is 24. The maximum Gasteiger partial charge on any atom is 0.361 e. The van der Waals surface area contributed by atoms with E-state index in [1.165, 1.54) is 116 Å². The second kappa shape index (κ2) is 72.5. The van der Waals surface area contributed by atoms with Crippen molar-refractivity contribution in [2.75, 3.05) is 47.5 Å². The zero-order valence-electron chi connectivity index (χ0n) is 60.1. The maximum atomic E-state index is 13.0. The van der Waals surface area contributed by atoms with Crippen LogP contribution in [-0.4, -0.2) is 87.4 Å². The molecule has 0 fully saturated rings. The van der Waals surface area contributed by atoms with Crippen molar-refractivity contribution in [2.24, 2.45) is 0 Å². The van der Waals surface area contributed by atoms with E-state index in [1.54, 1.807) is 0 Å². The first-order valence-electron chi connectivity index (χ1n) is 37.3. The van der Waals surface area contributed by atoms with Gasteiger partial charge >= 0.3 is 17.9 Å². The number of carboxylic acid groups (broad SMARTS) is 1. The van der Waals surface area contributed by atoms with Crippen LogP contribution in [0.15, 0.2) is 170 Å². The quantitative estimate of drug-likeness (QED) is 0.0211. The number of carbonyl (C=O) groups is 3. The van der Waals surface area contributed by atoms with Gasteiger partial charge in [-0.3, -0.25) is 9.59 Å². The predicted octanol–water partition coefficient (Wildman–Crippen LogP) is 23.8. The summed E-state index contributed by atoms with van der Waals surface area (Å²) in [5, 5.41) is 9.76. The van der Waals surface area contributed by atoms with Crippen LogP contribution in [0.2, 0.25) is 0 Å². The molecule has 1 N–H and O–H groups in total. The molecule has 2 atom stereocenters. The number of nitrogens with zero attached hydrogens (tertiary/aromatic N) is 1. The summed E-state index contributed by atoms with van der Waals surface area (Å²) < 4.78 is 23.0. The van der Waals surface area contributed by atoms with Crippen molar-refractivity contribution in [3.05, 3.63) is 170 Å². The van der Waals surface area contributed by atoms with Gasteiger partial charge in [0.05, 0.1) is 34.4 Å². The van der Waals surface area contributed by atoms with E-state index in [1.807, 2.05) is 21.1 Å². The number of carbonyl (C=O) groups excluding carboxylic acids is 2. The van der Waals surface area contributed by atoms with Gasteiger partial charge in [-0.25, -0.2) is 4.79 Å². The Morgan fingerprint density at radius 2 is 0.581 bits per heavy atom. The number of likely N-dealkylation sites (N-methyl/N-ethyl adjacent to an activating group) is 1. The largest absolute Gasteiger partial charge is 0.477 e. The van der Waals surface area contributed by atoms with Gasteiger partial charge in [0.2, 0.25) is 0 Å². The van der Waals surface area contributed by atoms with Crippen molar-refractivity contribution < 1.29 is 42.9 Å². The zero-order chi connectivity index (χ0) is 67.5. The Hall–Kier alpha value is -5.35. The Morgan fingerprint density at radius 3 is 0.860 bits per heavy atom. The highest BCUT2D eigenvalue weighted by Crippen LogP contribution is 2.17. The van der Waals surface area contributed by atoms with E-state index in [4.69, 9.17) is 18.9 Å². The van der Waals surface area contributed by atoms with Crippen molar-refractivity contribution >= 4 is 17.9 Å². The monoisotopic (exact) mass is 1290 g/mol. The maximum absolute atomic E-state index is 13.0. The molecular formula is C84H138NO8+. The van der Waals surface area contributed by atoms with E-state index in [-0.39, 0.29) is 32.2 Å². The summed E-state index contributed by atoms with van der Waals surface area (Å²) in [6.45, 7) is 4.64. The van der Waals surface area contributed by atoms with E-state index in [2.05, 4.69) is 184 Å². The molecule has 0 amide bonds. The third kappa shape index (κ3) is 73.9. The smallest absolute Gasteiger partial charge is 0.361 e. The van der Waals surface area contributed by atoms with Gasteiger partial charge in [-0.05, 0) is 128 Å². The molecule has 0 aromatic heterocycles. The van der Waals surface area contributed by atoms with Gasteiger partial charge < -0.3 is 28.5 Å². The molecule has 0 aromatic rings. The Morgan fingerprint density at radius 1 is 0.323 bits per heavy atom. The van der Waals surface area contributed by atoms with Crippen molar-refractivity contribution in [2.45, 2.75) is 296 Å². The minimum absolute atomic E-state index is 0.178. The van der Waals surface area contributed by atoms with Crippen LogP contribution >= 0.6 is 0 Å². The molecule has 0 aliphatic carbocycles. The SMILES string of the molecule is CC/C=C\C/C=C\C/C=C\C/C=C\C/C=C\C/C=C\C/C=C\C/C=C\CCCCCCCCCCC(=O)OC(COC(=O)CCCCCCCCCCCCCCCCCC/C=C\C/C=C\C/C=C\C/C=C\C/C=C\C/C=C\CC)COC(OCC[N+](C)(C)C)C(=O)O. The van der Waals surface area contributed by atoms with Gasteiger partial charge in [0.1, 0.15) is 13.2 Å². The zero-order valence-corrected chi connectivity index (χ0v) is 60.1. The second-order valence-electron chi connectivity index (χ2n) is 25.5. The average Bonchev–Trinajstić information content (AvgIpc) is 3.74. The van der Waals surface area contributed by atoms with Crippen molar-refractivity contribution in [1.29, 1.82) is 0 Å². The molecule has 0 bridgehead atoms. The van der Waals surface area contributed by atoms with E-state index in [9.17, 15) is 19.5 Å². The topological polar surface area (TPSA) is 108 Å². The van der Waals surface area contributed by atoms with Gasteiger partial charge in [0.15, 0.2) is 6.10 Å². The number of esters is 2. The van der Waals surface area contributed by atoms with Gasteiger partial charge in [-0.15, -0.1) is 0 Å². The Balaban J connectivity index is 4.14. The lowest BCUT2D eigenvalue weighted by Gasteiger charge is -2.25. The second-order valence-corrected chi connectivity index (χ2v) is 25.5. The van der Waals surface area contributed by atoms with Crippen LogP contribution in [0.5, 0.6) is 0 Å². The van der Waals surface area contributed by atoms with Crippen LogP contribution in [0, 0.1) is 0 Å². The van der Waals surface area contributed by atoms with Crippen LogP contribution in [0.3, 0.4) is 0 Å². The molecule has 0 saturated carbocycles. The molecule has 93 heavy (non-hydrogen) atoms. The summed E-state index contributed by atoms with van der Waals surface area (Å²) in [6.07, 6.45) is 106. The standard InChI is InChI=1S/C84H137NO8/c1-6-8-10-12-14-16-18-20-22-24-26-28-30-32-34-36-38-40-41-43-44-46-48-50-52-54-56-58-60-62-64-66-68-70-72-74-81(86)91-78-80(79-92-84(83(88)89)90-77-76-85(3,4)5)93-82(87)75-73-71-69-67-65-63-61-59-57-55-53-51-49-47-45-42-39-37-35-33-31-29-27-25-23-21-19-17-15-13-11-9-7-2/h8-11,14-17,20-23,26-29,32-35,38-40,42,47,49,53,55,80,84H,6-7,12-13,18-19,24-25,30-31,36-37,41,43-46,48,50-52,54,56-79H2,1-5H3/p+1/b10-8-,11-9-,16-14-,17-15-,22-20-,23-21-,28-26-,29-27-,34-32-,35-33-,40-38-,42-39-,49-47-,55-53-. The highest BCUT2D eigenvalue weighted by atomic mass is 16.7. The lowest BCUT2D eigenvalue weighted by molar-refractivity contribution is -0.870. The molecule has 0 spiro atoms. The molecule has 526 valence electrons. The fraction of sp³-hybridized carbons (Fsp3) is 0.631. The molecular weight excluding hydrogens is 1150 g/mol. The minimum atomic E-state index is -1.52. The van der Waals surface area contributed by atoms with E-state index < -0.39 is 24.3 Å². The summed E-state index contributed by atoms with van der Waals surface area (Å²) in [4.78, 5) is 37.7. The van der Waals surface area contributed by atoms with Gasteiger partial charge in [0, 0.05) is 12.8 Å². The number of allylic oxidation sites excluding steroid dienone is 28. The Labute approximate surface area is 571 Å². The highest BCUT2D eigenvalue weighted by Gasteiger charge is 2.25. The van der Waals surface area contributed by atoms with Crippen LogP contribution in [0.25, 0.3) is 0 Å². The molecule has 9 nitrogen and oxygen atoms in total. The molecule has 0 heterocycles. The first kappa shape index (κ1) is 87.7. The van der Waals surface area contributed by atoms with E-state index in [0.29, 0.717) is 23.9 Å². The summed E-state index contributed by atoms with van der Waals surface area (Å²) in [5.41, 5.74) is 0. The Kier molecular flexibility index (Phi) is 68.3. The molecule has 9 heteroatoms. The lowest BCUT2D eigenvalue weighted by atomic mass is 10.0. The molecule has 0 radical (unpaired) electrons. The first-order chi connectivity index (χ1) is 45.6. The summed E-state index contributed by atoms with van der Waals surface area (Å²) >= 11 is 0. The third-order valence-corrected chi connectivity index (χ3v) is 15.5. The van der Waals surface area contributed by atoms with E-state index >= 15 is 0 Å². The summed E-state index contributed by atoms with van der Waals surface area (Å²) in [5.74, 6) is -2.02.